The van der Waals surface area contributed by atoms with Gasteiger partial charge < -0.3 is 13.9 Å². The largest absolute Gasteiger partial charge is 0.493 e. The van der Waals surface area contributed by atoms with E-state index in [0.717, 1.165) is 16.7 Å². The Bertz CT molecular complexity index is 515. The molecule has 2 rings (SSSR count). The van der Waals surface area contributed by atoms with Gasteiger partial charge in [-0.15, -0.1) is 0 Å². The summed E-state index contributed by atoms with van der Waals surface area (Å²) in [6.07, 6.45) is 2.67. The van der Waals surface area contributed by atoms with Crippen molar-refractivity contribution in [2.75, 3.05) is 13.2 Å². The van der Waals surface area contributed by atoms with E-state index in [4.69, 9.17) is 13.9 Å². The molecule has 0 bridgehead atoms. The van der Waals surface area contributed by atoms with E-state index >= 15 is 0 Å². The molecule has 0 saturated heterocycles. The Balaban J connectivity index is 1.83. The van der Waals surface area contributed by atoms with Crippen molar-refractivity contribution in [1.82, 2.24) is 0 Å². The molecule has 0 saturated carbocycles. The Labute approximate surface area is 105 Å². The highest BCUT2D eigenvalue weighted by molar-refractivity contribution is 5.83. The Morgan fingerprint density at radius 2 is 2.22 bits per heavy atom. The van der Waals surface area contributed by atoms with Gasteiger partial charge in [0, 0.05) is 6.42 Å². The standard InChI is InChI=1S/C14H16O4/c1-2-16-14(15)7-4-9-17-12-5-3-6-13-11(12)8-10-18-13/h3,5-6,8,10H,2,4,7,9H2,1H3. The molecule has 1 aromatic carbocycles. The Hall–Kier alpha value is -1.97. The number of rotatable bonds is 6. The maximum atomic E-state index is 11.1. The number of benzene rings is 1. The number of hydrogen-bond acceptors (Lipinski definition) is 4. The van der Waals surface area contributed by atoms with Crippen molar-refractivity contribution in [3.63, 3.8) is 0 Å². The van der Waals surface area contributed by atoms with E-state index in [9.17, 15) is 4.79 Å². The third kappa shape index (κ3) is 3.03. The predicted molar refractivity (Wildman–Crippen MR) is 67.6 cm³/mol. The minimum absolute atomic E-state index is 0.178. The lowest BCUT2D eigenvalue weighted by molar-refractivity contribution is -0.143. The highest BCUT2D eigenvalue weighted by Gasteiger charge is 2.05. The maximum absolute atomic E-state index is 11.1. The average Bonchev–Trinajstić information content (AvgIpc) is 2.84. The van der Waals surface area contributed by atoms with Gasteiger partial charge in [-0.1, -0.05) is 6.07 Å². The summed E-state index contributed by atoms with van der Waals surface area (Å²) < 4.78 is 15.8. The van der Waals surface area contributed by atoms with Crippen LogP contribution in [-0.4, -0.2) is 19.2 Å². The van der Waals surface area contributed by atoms with Crippen LogP contribution in [0.3, 0.4) is 0 Å². The first-order valence-corrected chi connectivity index (χ1v) is 6.06. The molecule has 0 aliphatic rings. The second-order valence-electron chi connectivity index (χ2n) is 3.85. The second kappa shape index (κ2) is 6.10. The third-order valence-electron chi connectivity index (χ3n) is 2.54. The average molecular weight is 248 g/mol. The van der Waals surface area contributed by atoms with Crippen molar-refractivity contribution >= 4 is 16.9 Å². The van der Waals surface area contributed by atoms with Crippen molar-refractivity contribution in [1.29, 1.82) is 0 Å². The number of carbonyl (C=O) groups excluding carboxylic acids is 1. The van der Waals surface area contributed by atoms with E-state index in [2.05, 4.69) is 0 Å². The van der Waals surface area contributed by atoms with Crippen LogP contribution in [0.4, 0.5) is 0 Å². The number of furan rings is 1. The Morgan fingerprint density at radius 1 is 1.33 bits per heavy atom. The molecule has 0 fully saturated rings. The zero-order valence-corrected chi connectivity index (χ0v) is 10.3. The van der Waals surface area contributed by atoms with Crippen LogP contribution in [0.5, 0.6) is 5.75 Å². The molecule has 0 radical (unpaired) electrons. The normalized spacial score (nSPS) is 10.5. The molecule has 0 atom stereocenters. The van der Waals surface area contributed by atoms with Crippen molar-refractivity contribution in [2.24, 2.45) is 0 Å². The molecule has 1 heterocycles. The number of ether oxygens (including phenoxy) is 2. The van der Waals surface area contributed by atoms with Crippen LogP contribution < -0.4 is 4.74 Å². The molecule has 0 aliphatic carbocycles. The van der Waals surface area contributed by atoms with Crippen LogP contribution in [0.2, 0.25) is 0 Å². The number of esters is 1. The van der Waals surface area contributed by atoms with Crippen molar-refractivity contribution in [3.8, 4) is 5.75 Å². The summed E-state index contributed by atoms with van der Waals surface area (Å²) in [5, 5.41) is 0.952. The highest BCUT2D eigenvalue weighted by atomic mass is 16.5. The maximum Gasteiger partial charge on any atom is 0.305 e. The van der Waals surface area contributed by atoms with Gasteiger partial charge in [-0.3, -0.25) is 4.79 Å². The van der Waals surface area contributed by atoms with Gasteiger partial charge in [0.25, 0.3) is 0 Å². The molecule has 4 nitrogen and oxygen atoms in total. The van der Waals surface area contributed by atoms with Gasteiger partial charge >= 0.3 is 5.97 Å². The van der Waals surface area contributed by atoms with Crippen molar-refractivity contribution < 1.29 is 18.7 Å². The summed E-state index contributed by atoms with van der Waals surface area (Å²) in [7, 11) is 0. The summed E-state index contributed by atoms with van der Waals surface area (Å²) in [5.74, 6) is 0.604. The van der Waals surface area contributed by atoms with Crippen LogP contribution in [0.15, 0.2) is 34.9 Å². The molecule has 0 N–H and O–H groups in total. The molecule has 0 amide bonds. The molecule has 0 aliphatic heterocycles. The van der Waals surface area contributed by atoms with Crippen LogP contribution in [0.25, 0.3) is 11.0 Å². The monoisotopic (exact) mass is 248 g/mol. The zero-order chi connectivity index (χ0) is 12.8. The summed E-state index contributed by atoms with van der Waals surface area (Å²) in [6, 6.07) is 7.53. The minimum Gasteiger partial charge on any atom is -0.493 e. The van der Waals surface area contributed by atoms with Gasteiger partial charge in [0.1, 0.15) is 11.3 Å². The first-order valence-electron chi connectivity index (χ1n) is 6.06. The predicted octanol–water partition coefficient (Wildman–Crippen LogP) is 3.15. The Morgan fingerprint density at radius 3 is 3.06 bits per heavy atom. The topological polar surface area (TPSA) is 48.7 Å². The van der Waals surface area contributed by atoms with Gasteiger partial charge in [0.15, 0.2) is 0 Å². The molecule has 0 unspecified atom stereocenters. The number of hydrogen-bond donors (Lipinski definition) is 0. The van der Waals surface area contributed by atoms with Gasteiger partial charge in [-0.05, 0) is 31.5 Å². The quantitative estimate of drug-likeness (QED) is 0.582. The van der Waals surface area contributed by atoms with E-state index in [1.165, 1.54) is 0 Å². The molecule has 1 aromatic heterocycles. The first-order chi connectivity index (χ1) is 8.81. The number of fused-ring (bicyclic) bond motifs is 1. The first kappa shape index (κ1) is 12.5. The second-order valence-corrected chi connectivity index (χ2v) is 3.85. The van der Waals surface area contributed by atoms with Gasteiger partial charge in [-0.25, -0.2) is 0 Å². The van der Waals surface area contributed by atoms with E-state index in [1.807, 2.05) is 24.3 Å². The summed E-state index contributed by atoms with van der Waals surface area (Å²) in [5.41, 5.74) is 0.804. The number of carbonyl (C=O) groups is 1. The summed E-state index contributed by atoms with van der Waals surface area (Å²) in [6.45, 7) is 2.71. The fourth-order valence-corrected chi connectivity index (χ4v) is 1.72. The SMILES string of the molecule is CCOC(=O)CCCOc1cccc2occc12. The van der Waals surface area contributed by atoms with E-state index < -0.39 is 0 Å². The minimum atomic E-state index is -0.178. The van der Waals surface area contributed by atoms with Crippen molar-refractivity contribution in [2.45, 2.75) is 19.8 Å². The lowest BCUT2D eigenvalue weighted by Gasteiger charge is -2.06. The third-order valence-corrected chi connectivity index (χ3v) is 2.54. The molecule has 4 heteroatoms. The van der Waals surface area contributed by atoms with Crippen LogP contribution in [0.1, 0.15) is 19.8 Å². The lowest BCUT2D eigenvalue weighted by atomic mass is 10.2. The van der Waals surface area contributed by atoms with E-state index in [0.29, 0.717) is 26.1 Å². The van der Waals surface area contributed by atoms with Gasteiger partial charge in [-0.2, -0.15) is 0 Å². The summed E-state index contributed by atoms with van der Waals surface area (Å²) >= 11 is 0. The van der Waals surface area contributed by atoms with Crippen molar-refractivity contribution in [3.05, 3.63) is 30.5 Å². The summed E-state index contributed by atoms with van der Waals surface area (Å²) in [4.78, 5) is 11.1. The molecule has 96 valence electrons. The molecule has 0 spiro atoms. The fourth-order valence-electron chi connectivity index (χ4n) is 1.72. The van der Waals surface area contributed by atoms with E-state index in [-0.39, 0.29) is 5.97 Å². The fraction of sp³-hybridized carbons (Fsp3) is 0.357. The van der Waals surface area contributed by atoms with Crippen LogP contribution >= 0.6 is 0 Å². The van der Waals surface area contributed by atoms with Crippen LogP contribution in [-0.2, 0) is 9.53 Å². The zero-order valence-electron chi connectivity index (χ0n) is 10.3. The smallest absolute Gasteiger partial charge is 0.305 e. The Kier molecular flexibility index (Phi) is 4.23. The molecule has 2 aromatic rings. The molecule has 18 heavy (non-hydrogen) atoms. The molecular formula is C14H16O4. The van der Waals surface area contributed by atoms with Gasteiger partial charge in [0.2, 0.25) is 0 Å². The lowest BCUT2D eigenvalue weighted by Crippen LogP contribution is -2.06. The van der Waals surface area contributed by atoms with Gasteiger partial charge in [0.05, 0.1) is 24.9 Å². The highest BCUT2D eigenvalue weighted by Crippen LogP contribution is 2.26. The van der Waals surface area contributed by atoms with E-state index in [1.54, 1.807) is 13.2 Å². The molecular weight excluding hydrogens is 232 g/mol. The van der Waals surface area contributed by atoms with Crippen LogP contribution in [0, 0.1) is 0 Å².